The molecular formula is C16H16Br2. The second-order valence-corrected chi connectivity index (χ2v) is 6.64. The van der Waals surface area contributed by atoms with Crippen LogP contribution in [0.1, 0.15) is 27.1 Å². The van der Waals surface area contributed by atoms with Crippen LogP contribution in [0.3, 0.4) is 0 Å². The highest BCUT2D eigenvalue weighted by molar-refractivity contribution is 9.11. The number of halogens is 2. The van der Waals surface area contributed by atoms with Crippen LogP contribution in [-0.4, -0.2) is 0 Å². The Morgan fingerprint density at radius 2 is 1.56 bits per heavy atom. The van der Waals surface area contributed by atoms with E-state index < -0.39 is 0 Å². The molecule has 2 rings (SSSR count). The molecule has 0 saturated carbocycles. The molecule has 0 fully saturated rings. The molecule has 0 aliphatic rings. The summed E-state index contributed by atoms with van der Waals surface area (Å²) in [6.07, 6.45) is 1.00. The third-order valence-corrected chi connectivity index (χ3v) is 4.56. The second-order valence-electron chi connectivity index (χ2n) is 4.68. The molecule has 0 N–H and O–H groups in total. The zero-order valence-electron chi connectivity index (χ0n) is 10.6. The van der Waals surface area contributed by atoms with Gasteiger partial charge in [-0.2, -0.15) is 0 Å². The molecule has 2 aromatic rings. The van der Waals surface area contributed by atoms with Gasteiger partial charge in [-0.3, -0.25) is 0 Å². The summed E-state index contributed by atoms with van der Waals surface area (Å²) in [5.41, 5.74) is 5.27. The number of hydrogen-bond donors (Lipinski definition) is 0. The lowest BCUT2D eigenvalue weighted by molar-refractivity contribution is 0.940. The number of alkyl halides is 1. The van der Waals surface area contributed by atoms with Crippen LogP contribution < -0.4 is 0 Å². The molecule has 94 valence electrons. The number of hydrogen-bond acceptors (Lipinski definition) is 0. The van der Waals surface area contributed by atoms with E-state index in [1.54, 1.807) is 0 Å². The van der Waals surface area contributed by atoms with Crippen molar-refractivity contribution in [2.75, 3.05) is 0 Å². The summed E-state index contributed by atoms with van der Waals surface area (Å²) in [6.45, 7) is 4.24. The Balaban J connectivity index is 2.18. The maximum Gasteiger partial charge on any atom is 0.0446 e. The van der Waals surface area contributed by atoms with Crippen molar-refractivity contribution in [2.45, 2.75) is 25.1 Å². The molecule has 0 saturated heterocycles. The summed E-state index contributed by atoms with van der Waals surface area (Å²) in [6, 6.07) is 15.2. The van der Waals surface area contributed by atoms with E-state index in [1.807, 2.05) is 0 Å². The minimum Gasteiger partial charge on any atom is -0.0835 e. The fourth-order valence-corrected chi connectivity index (χ4v) is 3.53. The molecule has 0 heterocycles. The Hall–Kier alpha value is -0.600. The predicted molar refractivity (Wildman–Crippen MR) is 85.4 cm³/mol. The van der Waals surface area contributed by atoms with Crippen LogP contribution in [0.2, 0.25) is 0 Å². The molecule has 1 atom stereocenters. The van der Waals surface area contributed by atoms with E-state index >= 15 is 0 Å². The van der Waals surface area contributed by atoms with Crippen LogP contribution in [0.4, 0.5) is 0 Å². The van der Waals surface area contributed by atoms with E-state index in [0.29, 0.717) is 4.83 Å². The van der Waals surface area contributed by atoms with Crippen molar-refractivity contribution >= 4 is 31.9 Å². The van der Waals surface area contributed by atoms with E-state index in [9.17, 15) is 0 Å². The van der Waals surface area contributed by atoms with Gasteiger partial charge in [0.15, 0.2) is 0 Å². The first-order valence-electron chi connectivity index (χ1n) is 6.02. The summed E-state index contributed by atoms with van der Waals surface area (Å²) in [5.74, 6) is 0. The average Bonchev–Trinajstić information content (AvgIpc) is 2.35. The van der Waals surface area contributed by atoms with Crippen molar-refractivity contribution in [2.24, 2.45) is 0 Å². The predicted octanol–water partition coefficient (Wildman–Crippen LogP) is 5.74. The maximum atomic E-state index is 3.80. The number of rotatable bonds is 3. The molecule has 0 radical (unpaired) electrons. The smallest absolute Gasteiger partial charge is 0.0446 e. The van der Waals surface area contributed by atoms with E-state index in [1.165, 1.54) is 26.7 Å². The Labute approximate surface area is 126 Å². The van der Waals surface area contributed by atoms with Gasteiger partial charge < -0.3 is 0 Å². The van der Waals surface area contributed by atoms with Crippen molar-refractivity contribution in [1.29, 1.82) is 0 Å². The van der Waals surface area contributed by atoms with Crippen LogP contribution in [0, 0.1) is 13.8 Å². The van der Waals surface area contributed by atoms with Crippen molar-refractivity contribution in [1.82, 2.24) is 0 Å². The SMILES string of the molecule is Cc1ccc(CC(Br)c2cc(C)ccc2Br)cc1. The highest BCUT2D eigenvalue weighted by Gasteiger charge is 2.12. The monoisotopic (exact) mass is 366 g/mol. The zero-order valence-corrected chi connectivity index (χ0v) is 13.8. The molecule has 2 aromatic carbocycles. The van der Waals surface area contributed by atoms with E-state index in [-0.39, 0.29) is 0 Å². The van der Waals surface area contributed by atoms with E-state index in [4.69, 9.17) is 0 Å². The fraction of sp³-hybridized carbons (Fsp3) is 0.250. The normalized spacial score (nSPS) is 12.4. The Morgan fingerprint density at radius 3 is 2.22 bits per heavy atom. The van der Waals surface area contributed by atoms with Crippen LogP contribution in [0.5, 0.6) is 0 Å². The largest absolute Gasteiger partial charge is 0.0835 e. The molecule has 0 nitrogen and oxygen atoms in total. The minimum atomic E-state index is 0.342. The Bertz CT molecular complexity index is 529. The lowest BCUT2D eigenvalue weighted by Gasteiger charge is -2.13. The van der Waals surface area contributed by atoms with Gasteiger partial charge in [-0.15, -0.1) is 0 Å². The lowest BCUT2D eigenvalue weighted by atomic mass is 10.0. The molecule has 1 unspecified atom stereocenters. The first-order valence-corrected chi connectivity index (χ1v) is 7.73. The summed E-state index contributed by atoms with van der Waals surface area (Å²) in [7, 11) is 0. The maximum absolute atomic E-state index is 3.80. The van der Waals surface area contributed by atoms with Gasteiger partial charge in [0.05, 0.1) is 0 Å². The molecule has 0 spiro atoms. The first-order chi connectivity index (χ1) is 8.56. The van der Waals surface area contributed by atoms with Crippen LogP contribution in [0.15, 0.2) is 46.9 Å². The Kier molecular flexibility index (Phi) is 4.63. The van der Waals surface area contributed by atoms with Crippen molar-refractivity contribution in [3.63, 3.8) is 0 Å². The Morgan fingerprint density at radius 1 is 0.944 bits per heavy atom. The molecule has 0 aliphatic carbocycles. The molecular weight excluding hydrogens is 352 g/mol. The summed E-state index contributed by atoms with van der Waals surface area (Å²) >= 11 is 7.42. The highest BCUT2D eigenvalue weighted by Crippen LogP contribution is 2.33. The summed E-state index contributed by atoms with van der Waals surface area (Å²) in [4.78, 5) is 0.342. The molecule has 0 amide bonds. The highest BCUT2D eigenvalue weighted by atomic mass is 79.9. The number of benzene rings is 2. The van der Waals surface area contributed by atoms with Crippen molar-refractivity contribution < 1.29 is 0 Å². The summed E-state index contributed by atoms with van der Waals surface area (Å²) < 4.78 is 1.17. The van der Waals surface area contributed by atoms with Gasteiger partial charge in [0.25, 0.3) is 0 Å². The molecule has 2 heteroatoms. The van der Waals surface area contributed by atoms with Gasteiger partial charge in [-0.05, 0) is 37.5 Å². The van der Waals surface area contributed by atoms with Crippen molar-refractivity contribution in [3.05, 3.63) is 69.2 Å². The minimum absolute atomic E-state index is 0.342. The van der Waals surface area contributed by atoms with Gasteiger partial charge in [0.2, 0.25) is 0 Å². The van der Waals surface area contributed by atoms with Gasteiger partial charge in [-0.25, -0.2) is 0 Å². The molecule has 0 aromatic heterocycles. The zero-order chi connectivity index (χ0) is 13.1. The third kappa shape index (κ3) is 3.46. The standard InChI is InChI=1S/C16H16Br2/c1-11-3-6-13(7-4-11)10-16(18)14-9-12(2)5-8-15(14)17/h3-9,16H,10H2,1-2H3. The van der Waals surface area contributed by atoms with Gasteiger partial charge in [0.1, 0.15) is 0 Å². The quantitative estimate of drug-likeness (QED) is 0.606. The van der Waals surface area contributed by atoms with Crippen LogP contribution in [-0.2, 0) is 6.42 Å². The second kappa shape index (κ2) is 6.03. The topological polar surface area (TPSA) is 0 Å². The first kappa shape index (κ1) is 13.8. The van der Waals surface area contributed by atoms with Crippen LogP contribution in [0.25, 0.3) is 0 Å². The third-order valence-electron chi connectivity index (χ3n) is 3.02. The van der Waals surface area contributed by atoms with E-state index in [2.05, 4.69) is 88.2 Å². The number of aryl methyl sites for hydroxylation is 2. The van der Waals surface area contributed by atoms with Crippen molar-refractivity contribution in [3.8, 4) is 0 Å². The van der Waals surface area contributed by atoms with Gasteiger partial charge in [-0.1, -0.05) is 79.4 Å². The molecule has 18 heavy (non-hydrogen) atoms. The van der Waals surface area contributed by atoms with Gasteiger partial charge >= 0.3 is 0 Å². The van der Waals surface area contributed by atoms with E-state index in [0.717, 1.165) is 6.42 Å². The fourth-order valence-electron chi connectivity index (χ4n) is 1.94. The molecule has 0 bridgehead atoms. The summed E-state index contributed by atoms with van der Waals surface area (Å²) in [5, 5.41) is 0. The lowest BCUT2D eigenvalue weighted by Crippen LogP contribution is -1.97. The average molecular weight is 368 g/mol. The van der Waals surface area contributed by atoms with Crippen LogP contribution >= 0.6 is 31.9 Å². The van der Waals surface area contributed by atoms with Gasteiger partial charge in [0, 0.05) is 9.30 Å². The molecule has 0 aliphatic heterocycles.